The molecule has 2 aromatic heterocycles. The molecule has 0 atom stereocenters. The minimum Gasteiger partial charge on any atom is -0.312 e. The van der Waals surface area contributed by atoms with Crippen molar-refractivity contribution in [1.82, 2.24) is 29.4 Å². The van der Waals surface area contributed by atoms with Crippen molar-refractivity contribution in [3.05, 3.63) is 35.1 Å². The average Bonchev–Trinajstić information content (AvgIpc) is 3.06. The number of halogens is 2. The van der Waals surface area contributed by atoms with Gasteiger partial charge in [-0.05, 0) is 18.9 Å². The van der Waals surface area contributed by atoms with Gasteiger partial charge in [-0.3, -0.25) is 4.98 Å². The van der Waals surface area contributed by atoms with Gasteiger partial charge in [-0.15, -0.1) is 22.6 Å². The number of pyridine rings is 1. The minimum absolute atomic E-state index is 0. The molecule has 11 heteroatoms. The molecule has 1 N–H and O–H groups in total. The van der Waals surface area contributed by atoms with Gasteiger partial charge >= 0.3 is 0 Å². The zero-order valence-corrected chi connectivity index (χ0v) is 16.4. The second kappa shape index (κ2) is 7.77. The lowest BCUT2D eigenvalue weighted by Crippen LogP contribution is -2.38. The van der Waals surface area contributed by atoms with Gasteiger partial charge in [-0.25, -0.2) is 8.42 Å². The third-order valence-corrected chi connectivity index (χ3v) is 6.86. The number of fused-ring (bicyclic) bond motifs is 1. The summed E-state index contributed by atoms with van der Waals surface area (Å²) in [4.78, 5) is 4.03. The van der Waals surface area contributed by atoms with Crippen LogP contribution in [0.4, 0.5) is 0 Å². The second-order valence-electron chi connectivity index (χ2n) is 6.32. The number of rotatable bonds is 3. The van der Waals surface area contributed by atoms with Crippen molar-refractivity contribution >= 4 is 34.0 Å². The number of hydrogen-bond donors (Lipinski definition) is 1. The van der Waals surface area contributed by atoms with Crippen molar-refractivity contribution in [3.63, 3.8) is 0 Å². The maximum atomic E-state index is 12.8. The van der Waals surface area contributed by atoms with Gasteiger partial charge in [-0.1, -0.05) is 11.6 Å². The van der Waals surface area contributed by atoms with Gasteiger partial charge in [0.15, 0.2) is 0 Å². The molecule has 0 amide bonds. The largest absolute Gasteiger partial charge is 0.312 e. The van der Waals surface area contributed by atoms with E-state index in [9.17, 15) is 8.42 Å². The first-order valence-electron chi connectivity index (χ1n) is 8.29. The molecule has 1 saturated heterocycles. The topological polar surface area (TPSA) is 93.0 Å². The summed E-state index contributed by atoms with van der Waals surface area (Å²) in [6.07, 6.45) is 4.24. The van der Waals surface area contributed by atoms with Crippen LogP contribution in [0.25, 0.3) is 0 Å². The summed E-state index contributed by atoms with van der Waals surface area (Å²) in [5.41, 5.74) is 0. The molecule has 2 aromatic rings. The van der Waals surface area contributed by atoms with E-state index in [0.717, 1.165) is 44.1 Å². The predicted octanol–water partition coefficient (Wildman–Crippen LogP) is 1.42. The van der Waals surface area contributed by atoms with Gasteiger partial charge < -0.3 is 9.88 Å². The predicted molar refractivity (Wildman–Crippen MR) is 99.0 cm³/mol. The Kier molecular flexibility index (Phi) is 5.83. The molecule has 0 unspecified atom stereocenters. The highest BCUT2D eigenvalue weighted by Crippen LogP contribution is 2.30. The molecule has 0 bridgehead atoms. The summed E-state index contributed by atoms with van der Waals surface area (Å²) in [6.45, 7) is 3.43. The smallest absolute Gasteiger partial charge is 0.244 e. The third-order valence-electron chi connectivity index (χ3n) is 4.79. The Balaban J connectivity index is 0.00000196. The number of hydrogen-bond acceptors (Lipinski definition) is 6. The monoisotopic (exact) mass is 418 g/mol. The molecular formula is C15H20Cl2N6O2S. The molecule has 0 radical (unpaired) electrons. The Labute approximate surface area is 163 Å². The fraction of sp³-hybridized carbons (Fsp3) is 0.533. The molecule has 1 fully saturated rings. The zero-order chi connectivity index (χ0) is 17.4. The maximum absolute atomic E-state index is 12.8. The normalized spacial score (nSPS) is 19.0. The number of sulfonamides is 1. The van der Waals surface area contributed by atoms with Crippen LogP contribution in [0.1, 0.15) is 30.4 Å². The lowest BCUT2D eigenvalue weighted by molar-refractivity contribution is 0.307. The van der Waals surface area contributed by atoms with Crippen molar-refractivity contribution in [1.29, 1.82) is 0 Å². The number of nitrogens with zero attached hydrogens (tertiary/aromatic N) is 5. The van der Waals surface area contributed by atoms with E-state index >= 15 is 0 Å². The molecule has 142 valence electrons. The van der Waals surface area contributed by atoms with Crippen molar-refractivity contribution in [2.75, 3.05) is 19.6 Å². The fourth-order valence-electron chi connectivity index (χ4n) is 3.45. The van der Waals surface area contributed by atoms with E-state index in [-0.39, 0.29) is 23.2 Å². The summed E-state index contributed by atoms with van der Waals surface area (Å²) in [7, 11) is -3.56. The highest BCUT2D eigenvalue weighted by molar-refractivity contribution is 7.89. The molecule has 2 aliphatic rings. The van der Waals surface area contributed by atoms with E-state index in [1.54, 1.807) is 0 Å². The first-order chi connectivity index (χ1) is 12.1. The van der Waals surface area contributed by atoms with E-state index in [0.29, 0.717) is 18.1 Å². The number of piperidine rings is 1. The molecule has 0 aromatic carbocycles. The quantitative estimate of drug-likeness (QED) is 0.809. The summed E-state index contributed by atoms with van der Waals surface area (Å²) in [5.74, 6) is 2.18. The van der Waals surface area contributed by atoms with Crippen molar-refractivity contribution < 1.29 is 8.42 Å². The molecule has 4 rings (SSSR count). The van der Waals surface area contributed by atoms with E-state index < -0.39 is 10.0 Å². The van der Waals surface area contributed by atoms with Crippen LogP contribution in [0, 0.1) is 0 Å². The zero-order valence-electron chi connectivity index (χ0n) is 14.0. The van der Waals surface area contributed by atoms with Crippen LogP contribution in [-0.4, -0.2) is 52.1 Å². The molecule has 0 aliphatic carbocycles. The van der Waals surface area contributed by atoms with Crippen molar-refractivity contribution in [2.24, 2.45) is 0 Å². The van der Waals surface area contributed by atoms with Gasteiger partial charge in [-0.2, -0.15) is 4.31 Å². The van der Waals surface area contributed by atoms with Crippen LogP contribution in [0.5, 0.6) is 0 Å². The Bertz CT molecular complexity index is 880. The molecule has 0 saturated carbocycles. The second-order valence-corrected chi connectivity index (χ2v) is 8.69. The molecular weight excluding hydrogens is 399 g/mol. The highest BCUT2D eigenvalue weighted by Gasteiger charge is 2.32. The lowest BCUT2D eigenvalue weighted by Gasteiger charge is -2.31. The SMILES string of the molecule is Cl.O=S(=O)(c1cncc(Cl)c1)N1CCC(c2nnc3n2CCNC3)CC1. The van der Waals surface area contributed by atoms with Crippen LogP contribution >= 0.6 is 24.0 Å². The Morgan fingerprint density at radius 3 is 2.65 bits per heavy atom. The van der Waals surface area contributed by atoms with Crippen LogP contribution in [0.3, 0.4) is 0 Å². The van der Waals surface area contributed by atoms with Crippen LogP contribution in [0.2, 0.25) is 5.02 Å². The van der Waals surface area contributed by atoms with Crippen LogP contribution < -0.4 is 5.32 Å². The Morgan fingerprint density at radius 2 is 1.92 bits per heavy atom. The molecule has 0 spiro atoms. The Morgan fingerprint density at radius 1 is 1.15 bits per heavy atom. The lowest BCUT2D eigenvalue weighted by atomic mass is 9.97. The van der Waals surface area contributed by atoms with E-state index in [1.165, 1.54) is 22.8 Å². The fourth-order valence-corrected chi connectivity index (χ4v) is 5.15. The van der Waals surface area contributed by atoms with E-state index in [2.05, 4.69) is 25.1 Å². The molecule has 26 heavy (non-hydrogen) atoms. The first kappa shape index (κ1) is 19.5. The van der Waals surface area contributed by atoms with Gasteiger partial charge in [0, 0.05) is 44.5 Å². The van der Waals surface area contributed by atoms with Crippen molar-refractivity contribution in [2.45, 2.75) is 36.7 Å². The summed E-state index contributed by atoms with van der Waals surface area (Å²) < 4.78 is 29.2. The summed E-state index contributed by atoms with van der Waals surface area (Å²) >= 11 is 5.88. The first-order valence-corrected chi connectivity index (χ1v) is 10.1. The Hall–Kier alpha value is -1.26. The van der Waals surface area contributed by atoms with Gasteiger partial charge in [0.25, 0.3) is 0 Å². The highest BCUT2D eigenvalue weighted by atomic mass is 35.5. The van der Waals surface area contributed by atoms with Gasteiger partial charge in [0.05, 0.1) is 11.6 Å². The molecule has 8 nitrogen and oxygen atoms in total. The van der Waals surface area contributed by atoms with Crippen LogP contribution in [0.15, 0.2) is 23.4 Å². The van der Waals surface area contributed by atoms with Gasteiger partial charge in [0.1, 0.15) is 16.5 Å². The molecule has 2 aliphatic heterocycles. The standard InChI is InChI=1S/C15H19ClN6O2S.ClH/c16-12-7-13(9-18-8-12)25(23,24)21-4-1-11(2-5-21)15-20-19-14-10-17-3-6-22(14)15;/h7-9,11,17H,1-6,10H2;1H. The van der Waals surface area contributed by atoms with Gasteiger partial charge in [0.2, 0.25) is 10.0 Å². The van der Waals surface area contributed by atoms with E-state index in [1.807, 2.05) is 0 Å². The molecule has 4 heterocycles. The third kappa shape index (κ3) is 3.59. The average molecular weight is 419 g/mol. The number of aromatic nitrogens is 4. The summed E-state index contributed by atoms with van der Waals surface area (Å²) in [5, 5.41) is 12.2. The van der Waals surface area contributed by atoms with Crippen LogP contribution in [-0.2, 0) is 23.1 Å². The number of nitrogens with one attached hydrogen (secondary N) is 1. The maximum Gasteiger partial charge on any atom is 0.244 e. The summed E-state index contributed by atoms with van der Waals surface area (Å²) in [6, 6.07) is 1.44. The van der Waals surface area contributed by atoms with E-state index in [4.69, 9.17) is 11.6 Å². The van der Waals surface area contributed by atoms with Crippen molar-refractivity contribution in [3.8, 4) is 0 Å². The minimum atomic E-state index is -3.56.